The zero-order chi connectivity index (χ0) is 22.1. The molecule has 2 aromatic carbocycles. The van der Waals surface area contributed by atoms with Gasteiger partial charge in [0.15, 0.2) is 0 Å². The van der Waals surface area contributed by atoms with Crippen LogP contribution in [0, 0.1) is 0 Å². The molecule has 2 aromatic rings. The lowest BCUT2D eigenvalue weighted by molar-refractivity contribution is 0.0989. The quantitative estimate of drug-likeness (QED) is 0.701. The summed E-state index contributed by atoms with van der Waals surface area (Å²) >= 11 is 0. The van der Waals surface area contributed by atoms with Crippen molar-refractivity contribution in [3.05, 3.63) is 53.6 Å². The molecule has 3 aliphatic heterocycles. The molecule has 0 bridgehead atoms. The van der Waals surface area contributed by atoms with Crippen molar-refractivity contribution in [2.45, 2.75) is 49.8 Å². The number of hydrogen-bond acceptors (Lipinski definition) is 4. The summed E-state index contributed by atoms with van der Waals surface area (Å²) in [4.78, 5) is 18.1. The zero-order valence-corrected chi connectivity index (χ0v) is 19.3. The molecule has 0 saturated carbocycles. The minimum absolute atomic E-state index is 0.105. The topological polar surface area (TPSA) is 60.9 Å². The number of fused-ring (bicyclic) bond motifs is 1. The van der Waals surface area contributed by atoms with Crippen LogP contribution in [0.15, 0.2) is 47.4 Å². The molecule has 1 amide bonds. The fraction of sp³-hybridized carbons (Fsp3) is 0.480. The molecule has 6 nitrogen and oxygen atoms in total. The summed E-state index contributed by atoms with van der Waals surface area (Å²) < 4.78 is 28.3. The van der Waals surface area contributed by atoms with E-state index in [0.29, 0.717) is 25.2 Å². The first-order valence-electron chi connectivity index (χ1n) is 11.8. The van der Waals surface area contributed by atoms with Gasteiger partial charge in [-0.1, -0.05) is 24.6 Å². The predicted octanol–water partition coefficient (Wildman–Crippen LogP) is 4.05. The maximum Gasteiger partial charge on any atom is 0.260 e. The van der Waals surface area contributed by atoms with Gasteiger partial charge in [-0.15, -0.1) is 0 Å². The van der Waals surface area contributed by atoms with Crippen LogP contribution in [0.4, 0.5) is 11.4 Å². The minimum Gasteiger partial charge on any atom is -0.371 e. The summed E-state index contributed by atoms with van der Waals surface area (Å²) in [5, 5.41) is 0. The van der Waals surface area contributed by atoms with Crippen molar-refractivity contribution in [2.24, 2.45) is 0 Å². The van der Waals surface area contributed by atoms with E-state index in [1.807, 2.05) is 29.2 Å². The van der Waals surface area contributed by atoms with Crippen LogP contribution >= 0.6 is 0 Å². The molecule has 0 aliphatic carbocycles. The Balaban J connectivity index is 1.55. The van der Waals surface area contributed by atoms with E-state index in [0.717, 1.165) is 68.6 Å². The van der Waals surface area contributed by atoms with Gasteiger partial charge in [0, 0.05) is 44.1 Å². The first-order valence-corrected chi connectivity index (χ1v) is 13.3. The van der Waals surface area contributed by atoms with Gasteiger partial charge in [-0.05, 0) is 68.4 Å². The van der Waals surface area contributed by atoms with Crippen LogP contribution in [0.2, 0.25) is 0 Å². The van der Waals surface area contributed by atoms with E-state index < -0.39 is 10.0 Å². The number of benzene rings is 2. The molecule has 2 fully saturated rings. The summed E-state index contributed by atoms with van der Waals surface area (Å²) in [6, 6.07) is 13.2. The van der Waals surface area contributed by atoms with Crippen molar-refractivity contribution in [3.63, 3.8) is 0 Å². The summed E-state index contributed by atoms with van der Waals surface area (Å²) in [6.07, 6.45) is 7.05. The molecule has 0 spiro atoms. The molecule has 0 radical (unpaired) electrons. The standard InChI is InChI=1S/C25H31N3O3S/c29-25(28-18-13-20-9-3-4-10-23(20)28)22-19-21(32(30,31)27-16-7-2-8-17-27)11-12-24(22)26-14-5-1-6-15-26/h3-4,9-12,19H,1-2,5-8,13-18H2. The SMILES string of the molecule is O=C(c1cc(S(=O)(=O)N2CCCCC2)ccc1N1CCCCC1)N1CCc2ccccc21. The maximum absolute atomic E-state index is 13.8. The lowest BCUT2D eigenvalue weighted by Crippen LogP contribution is -2.37. The second-order valence-electron chi connectivity index (χ2n) is 9.03. The molecular formula is C25H31N3O3S. The van der Waals surface area contributed by atoms with E-state index >= 15 is 0 Å². The highest BCUT2D eigenvalue weighted by Crippen LogP contribution is 2.34. The van der Waals surface area contributed by atoms with E-state index in [1.54, 1.807) is 16.4 Å². The highest BCUT2D eigenvalue weighted by atomic mass is 32.2. The number of nitrogens with zero attached hydrogens (tertiary/aromatic N) is 3. The number of sulfonamides is 1. The van der Waals surface area contributed by atoms with Crippen molar-refractivity contribution in [2.75, 3.05) is 42.5 Å². The first-order chi connectivity index (χ1) is 15.6. The van der Waals surface area contributed by atoms with Crippen molar-refractivity contribution >= 4 is 27.3 Å². The molecule has 32 heavy (non-hydrogen) atoms. The molecule has 170 valence electrons. The lowest BCUT2D eigenvalue weighted by atomic mass is 10.1. The van der Waals surface area contributed by atoms with Gasteiger partial charge >= 0.3 is 0 Å². The number of amides is 1. The second-order valence-corrected chi connectivity index (χ2v) is 11.0. The molecule has 0 N–H and O–H groups in total. The van der Waals surface area contributed by atoms with Crippen LogP contribution in [0.5, 0.6) is 0 Å². The van der Waals surface area contributed by atoms with E-state index in [4.69, 9.17) is 0 Å². The number of rotatable bonds is 4. The summed E-state index contributed by atoms with van der Waals surface area (Å²) in [6.45, 7) is 3.53. The molecule has 5 rings (SSSR count). The smallest absolute Gasteiger partial charge is 0.260 e. The Bertz CT molecular complexity index is 1100. The lowest BCUT2D eigenvalue weighted by Gasteiger charge is -2.32. The largest absolute Gasteiger partial charge is 0.371 e. The van der Waals surface area contributed by atoms with Gasteiger partial charge in [-0.25, -0.2) is 8.42 Å². The minimum atomic E-state index is -3.61. The molecule has 0 atom stereocenters. The summed E-state index contributed by atoms with van der Waals surface area (Å²) in [5.74, 6) is -0.105. The van der Waals surface area contributed by atoms with Gasteiger partial charge in [0.1, 0.15) is 0 Å². The van der Waals surface area contributed by atoms with Crippen LogP contribution in [0.25, 0.3) is 0 Å². The van der Waals surface area contributed by atoms with Gasteiger partial charge in [0.2, 0.25) is 10.0 Å². The Morgan fingerprint density at radius 2 is 1.44 bits per heavy atom. The third-order valence-corrected chi connectivity index (χ3v) is 8.87. The molecule has 3 heterocycles. The van der Waals surface area contributed by atoms with Gasteiger partial charge in [0.25, 0.3) is 5.91 Å². The van der Waals surface area contributed by atoms with Gasteiger partial charge < -0.3 is 9.80 Å². The normalized spacial score (nSPS) is 19.8. The van der Waals surface area contributed by atoms with Crippen LogP contribution in [0.3, 0.4) is 0 Å². The van der Waals surface area contributed by atoms with Gasteiger partial charge in [0.05, 0.1) is 10.5 Å². The van der Waals surface area contributed by atoms with Gasteiger partial charge in [-0.2, -0.15) is 4.31 Å². The van der Waals surface area contributed by atoms with Crippen molar-refractivity contribution in [3.8, 4) is 0 Å². The van der Waals surface area contributed by atoms with Crippen molar-refractivity contribution in [1.29, 1.82) is 0 Å². The molecule has 3 aliphatic rings. The van der Waals surface area contributed by atoms with Crippen molar-refractivity contribution < 1.29 is 13.2 Å². The fourth-order valence-electron chi connectivity index (χ4n) is 5.21. The van der Waals surface area contributed by atoms with E-state index in [-0.39, 0.29) is 10.8 Å². The van der Waals surface area contributed by atoms with Crippen LogP contribution in [0.1, 0.15) is 54.4 Å². The second kappa shape index (κ2) is 8.87. The number of carbonyl (C=O) groups is 1. The molecule has 0 unspecified atom stereocenters. The first kappa shape index (κ1) is 21.5. The molecule has 2 saturated heterocycles. The zero-order valence-electron chi connectivity index (χ0n) is 18.5. The van der Waals surface area contributed by atoms with E-state index in [2.05, 4.69) is 11.0 Å². The van der Waals surface area contributed by atoms with E-state index in [9.17, 15) is 13.2 Å². The number of piperidine rings is 2. The van der Waals surface area contributed by atoms with Gasteiger partial charge in [-0.3, -0.25) is 4.79 Å². The number of para-hydroxylation sites is 1. The molecule has 0 aromatic heterocycles. The number of carbonyl (C=O) groups excluding carboxylic acids is 1. The summed E-state index contributed by atoms with van der Waals surface area (Å²) in [5.41, 5.74) is 3.46. The Morgan fingerprint density at radius 3 is 2.19 bits per heavy atom. The summed E-state index contributed by atoms with van der Waals surface area (Å²) in [7, 11) is -3.61. The Kier molecular flexibility index (Phi) is 5.95. The molecular weight excluding hydrogens is 422 g/mol. The Morgan fingerprint density at radius 1 is 0.750 bits per heavy atom. The third-order valence-electron chi connectivity index (χ3n) is 6.98. The van der Waals surface area contributed by atoms with Crippen LogP contribution in [-0.4, -0.2) is 51.4 Å². The van der Waals surface area contributed by atoms with Crippen LogP contribution in [-0.2, 0) is 16.4 Å². The Labute approximate surface area is 190 Å². The highest BCUT2D eigenvalue weighted by molar-refractivity contribution is 7.89. The number of anilines is 2. The third kappa shape index (κ3) is 3.92. The molecule has 7 heteroatoms. The highest BCUT2D eigenvalue weighted by Gasteiger charge is 2.32. The Hall–Kier alpha value is -2.38. The maximum atomic E-state index is 13.8. The fourth-order valence-corrected chi connectivity index (χ4v) is 6.75. The predicted molar refractivity (Wildman–Crippen MR) is 127 cm³/mol. The average Bonchev–Trinajstić information content (AvgIpc) is 3.28. The number of hydrogen-bond donors (Lipinski definition) is 0. The van der Waals surface area contributed by atoms with Crippen molar-refractivity contribution in [1.82, 2.24) is 4.31 Å². The van der Waals surface area contributed by atoms with Crippen LogP contribution < -0.4 is 9.80 Å². The monoisotopic (exact) mass is 453 g/mol. The average molecular weight is 454 g/mol. The van der Waals surface area contributed by atoms with E-state index in [1.165, 1.54) is 6.42 Å².